The van der Waals surface area contributed by atoms with Crippen molar-refractivity contribution in [2.45, 2.75) is 12.6 Å². The predicted molar refractivity (Wildman–Crippen MR) is 45.6 cm³/mol. The second-order valence-electron chi connectivity index (χ2n) is 2.87. The van der Waals surface area contributed by atoms with E-state index in [1.54, 1.807) is 0 Å². The van der Waals surface area contributed by atoms with E-state index in [1.807, 2.05) is 0 Å². The fourth-order valence-electron chi connectivity index (χ4n) is 0.940. The smallest absolute Gasteiger partial charge is 0.438 e. The fourth-order valence-corrected chi connectivity index (χ4v) is 0.940. The zero-order valence-electron chi connectivity index (χ0n) is 8.23. The van der Waals surface area contributed by atoms with E-state index in [9.17, 15) is 22.8 Å². The van der Waals surface area contributed by atoms with Crippen molar-refractivity contribution in [3.63, 3.8) is 0 Å². The normalized spacial score (nSPS) is 19.6. The van der Waals surface area contributed by atoms with Crippen molar-refractivity contribution in [2.75, 3.05) is 6.54 Å². The number of hydrogen-bond donors (Lipinski definition) is 2. The molecular formula is C7H8F3N3O4. The number of ether oxygens (including phenoxy) is 2. The molecule has 4 N–H and O–H groups in total. The van der Waals surface area contributed by atoms with Crippen molar-refractivity contribution in [3.8, 4) is 0 Å². The van der Waals surface area contributed by atoms with Crippen molar-refractivity contribution in [2.24, 2.45) is 11.5 Å². The Hall–Kier alpha value is -1.97. The van der Waals surface area contributed by atoms with Crippen LogP contribution in [0, 0.1) is 0 Å². The minimum absolute atomic E-state index is 0.0382. The number of amides is 2. The summed E-state index contributed by atoms with van der Waals surface area (Å²) < 4.78 is 44.3. The molecule has 0 spiro atoms. The average molecular weight is 255 g/mol. The first-order chi connectivity index (χ1) is 7.75. The first kappa shape index (κ1) is 13.1. The highest BCUT2D eigenvalue weighted by atomic mass is 19.4. The Morgan fingerprint density at radius 3 is 2.53 bits per heavy atom. The number of carbonyl (C=O) groups is 2. The highest BCUT2D eigenvalue weighted by molar-refractivity contribution is 5.77. The largest absolute Gasteiger partial charge is 0.491 e. The number of urea groups is 1. The van der Waals surface area contributed by atoms with E-state index in [1.165, 1.54) is 0 Å². The van der Waals surface area contributed by atoms with Crippen LogP contribution in [-0.4, -0.2) is 36.0 Å². The molecule has 1 atom stereocenters. The Labute approximate surface area is 92.7 Å². The Morgan fingerprint density at radius 1 is 1.53 bits per heavy atom. The molecule has 1 heterocycles. The average Bonchev–Trinajstić information content (AvgIpc) is 2.59. The summed E-state index contributed by atoms with van der Waals surface area (Å²) in [5.41, 5.74) is 9.98. The molecule has 0 aliphatic carbocycles. The van der Waals surface area contributed by atoms with Gasteiger partial charge < -0.3 is 20.9 Å². The summed E-state index contributed by atoms with van der Waals surface area (Å²) in [4.78, 5) is 21.8. The van der Waals surface area contributed by atoms with Crippen LogP contribution in [0.25, 0.3) is 0 Å². The maximum Gasteiger partial charge on any atom is 0.491 e. The third-order valence-electron chi connectivity index (χ3n) is 1.66. The molecule has 0 aromatic carbocycles. The molecule has 96 valence electrons. The van der Waals surface area contributed by atoms with Crippen LogP contribution < -0.4 is 11.5 Å². The number of primary amides is 1. The lowest BCUT2D eigenvalue weighted by Crippen LogP contribution is -2.42. The van der Waals surface area contributed by atoms with Crippen molar-refractivity contribution in [1.82, 2.24) is 4.90 Å². The van der Waals surface area contributed by atoms with Crippen LogP contribution in [0.4, 0.5) is 18.0 Å². The van der Waals surface area contributed by atoms with E-state index in [2.05, 4.69) is 9.47 Å². The van der Waals surface area contributed by atoms with Crippen LogP contribution in [0.15, 0.2) is 12.0 Å². The summed E-state index contributed by atoms with van der Waals surface area (Å²) in [6, 6.07) is -1.14. The number of nitrogens with zero attached hydrogens (tertiary/aromatic N) is 1. The van der Waals surface area contributed by atoms with E-state index < -0.39 is 24.6 Å². The summed E-state index contributed by atoms with van der Waals surface area (Å²) in [6.45, 7) is -0.191. The number of carbonyl (C=O) groups excluding carboxylic acids is 2. The van der Waals surface area contributed by atoms with Gasteiger partial charge in [-0.05, 0) is 0 Å². The maximum atomic E-state index is 11.9. The topological polar surface area (TPSA) is 108 Å². The second kappa shape index (κ2) is 4.49. The molecule has 0 aromatic rings. The van der Waals surface area contributed by atoms with E-state index in [0.29, 0.717) is 4.90 Å². The van der Waals surface area contributed by atoms with Crippen LogP contribution in [0.1, 0.15) is 0 Å². The zero-order valence-corrected chi connectivity index (χ0v) is 8.23. The van der Waals surface area contributed by atoms with Gasteiger partial charge in [0.2, 0.25) is 0 Å². The summed E-state index contributed by atoms with van der Waals surface area (Å²) >= 11 is 0. The first-order valence-corrected chi connectivity index (χ1v) is 4.18. The number of nitrogens with two attached hydrogens (primary N) is 2. The van der Waals surface area contributed by atoms with Gasteiger partial charge in [-0.1, -0.05) is 0 Å². The van der Waals surface area contributed by atoms with Gasteiger partial charge in [-0.3, -0.25) is 0 Å². The molecule has 7 nitrogen and oxygen atoms in total. The van der Waals surface area contributed by atoms with Gasteiger partial charge in [0.15, 0.2) is 0 Å². The fraction of sp³-hybridized carbons (Fsp3) is 0.429. The van der Waals surface area contributed by atoms with Gasteiger partial charge in [0.05, 0.1) is 12.7 Å². The van der Waals surface area contributed by atoms with Gasteiger partial charge >= 0.3 is 24.6 Å². The summed E-state index contributed by atoms with van der Waals surface area (Å²) in [7, 11) is 0. The van der Waals surface area contributed by atoms with Crippen LogP contribution >= 0.6 is 0 Å². The van der Waals surface area contributed by atoms with Crippen molar-refractivity contribution in [1.29, 1.82) is 0 Å². The Bertz CT molecular complexity index is 368. The van der Waals surface area contributed by atoms with Gasteiger partial charge in [-0.25, -0.2) is 14.5 Å². The summed E-state index contributed by atoms with van der Waals surface area (Å²) in [6.07, 6.45) is -6.13. The van der Waals surface area contributed by atoms with Crippen molar-refractivity contribution in [3.05, 3.63) is 12.0 Å². The molecule has 0 radical (unpaired) electrons. The maximum absolute atomic E-state index is 11.9. The molecule has 2 amide bonds. The number of alkyl halides is 3. The number of hydrogen-bond acceptors (Lipinski definition) is 5. The van der Waals surface area contributed by atoms with Crippen LogP contribution in [0.5, 0.6) is 0 Å². The lowest BCUT2D eigenvalue weighted by Gasteiger charge is -2.20. The predicted octanol–water partition coefficient (Wildman–Crippen LogP) is -0.414. The van der Waals surface area contributed by atoms with E-state index in [-0.39, 0.29) is 12.3 Å². The highest BCUT2D eigenvalue weighted by Gasteiger charge is 2.45. The lowest BCUT2D eigenvalue weighted by molar-refractivity contribution is -0.230. The molecule has 1 unspecified atom stereocenters. The van der Waals surface area contributed by atoms with E-state index in [4.69, 9.17) is 11.5 Å². The molecule has 0 bridgehead atoms. The zero-order chi connectivity index (χ0) is 13.2. The lowest BCUT2D eigenvalue weighted by atomic mass is 10.5. The second-order valence-corrected chi connectivity index (χ2v) is 2.87. The van der Waals surface area contributed by atoms with Gasteiger partial charge in [0, 0.05) is 0 Å². The highest BCUT2D eigenvalue weighted by Crippen LogP contribution is 2.23. The molecular weight excluding hydrogens is 247 g/mol. The monoisotopic (exact) mass is 255 g/mol. The number of rotatable bonds is 2. The molecule has 0 saturated heterocycles. The first-order valence-electron chi connectivity index (χ1n) is 4.18. The molecule has 0 saturated carbocycles. The van der Waals surface area contributed by atoms with Gasteiger partial charge in [0.25, 0.3) is 0 Å². The quantitative estimate of drug-likeness (QED) is 0.652. The minimum Gasteiger partial charge on any atom is -0.438 e. The third kappa shape index (κ3) is 3.00. The van der Waals surface area contributed by atoms with E-state index >= 15 is 0 Å². The van der Waals surface area contributed by atoms with Crippen LogP contribution in [0.3, 0.4) is 0 Å². The standard InChI is InChI=1S/C7H8F3N3O4/c8-7(9,10)4(14)17-6-13(5(12)15)2-3(1-11)16-6/h2,6H,1,11H2,(H2,12,15). The number of esters is 1. The molecule has 0 aromatic heterocycles. The number of halogens is 3. The van der Waals surface area contributed by atoms with Gasteiger partial charge in [-0.15, -0.1) is 0 Å². The van der Waals surface area contributed by atoms with E-state index in [0.717, 1.165) is 6.20 Å². The molecule has 10 heteroatoms. The van der Waals surface area contributed by atoms with Gasteiger partial charge in [0.1, 0.15) is 5.76 Å². The van der Waals surface area contributed by atoms with Crippen molar-refractivity contribution >= 4 is 12.0 Å². The van der Waals surface area contributed by atoms with Crippen molar-refractivity contribution < 1.29 is 32.2 Å². The minimum atomic E-state index is -5.20. The molecule has 1 rings (SSSR count). The Balaban J connectivity index is 2.73. The molecule has 1 aliphatic rings. The molecule has 17 heavy (non-hydrogen) atoms. The summed E-state index contributed by atoms with van der Waals surface area (Å²) in [5.74, 6) is -2.54. The molecule has 0 fully saturated rings. The van der Waals surface area contributed by atoms with Crippen LogP contribution in [0.2, 0.25) is 0 Å². The third-order valence-corrected chi connectivity index (χ3v) is 1.66. The SMILES string of the molecule is NCC1=CN(C(N)=O)C(OC(=O)C(F)(F)F)O1. The Kier molecular flexibility index (Phi) is 3.46. The van der Waals surface area contributed by atoms with Crippen LogP contribution in [-0.2, 0) is 14.3 Å². The Morgan fingerprint density at radius 2 is 2.12 bits per heavy atom. The van der Waals surface area contributed by atoms with Gasteiger partial charge in [-0.2, -0.15) is 13.2 Å². The summed E-state index contributed by atoms with van der Waals surface area (Å²) in [5, 5.41) is 0. The molecule has 1 aliphatic heterocycles.